The van der Waals surface area contributed by atoms with Gasteiger partial charge in [-0.2, -0.15) is 0 Å². The zero-order chi connectivity index (χ0) is 13.8. The first kappa shape index (κ1) is 14.2. The molecular formula is C15H17F2NS. The summed E-state index contributed by atoms with van der Waals surface area (Å²) in [6, 6.07) is 8.09. The first-order valence-electron chi connectivity index (χ1n) is 6.35. The van der Waals surface area contributed by atoms with E-state index < -0.39 is 11.6 Å². The van der Waals surface area contributed by atoms with Crippen LogP contribution in [0, 0.1) is 11.6 Å². The van der Waals surface area contributed by atoms with Gasteiger partial charge in [0.2, 0.25) is 0 Å². The van der Waals surface area contributed by atoms with Gasteiger partial charge < -0.3 is 5.73 Å². The van der Waals surface area contributed by atoms with E-state index >= 15 is 0 Å². The van der Waals surface area contributed by atoms with E-state index in [0.717, 1.165) is 24.5 Å². The van der Waals surface area contributed by atoms with Crippen molar-refractivity contribution in [3.05, 3.63) is 57.3 Å². The highest BCUT2D eigenvalue weighted by Gasteiger charge is 2.09. The van der Waals surface area contributed by atoms with E-state index in [0.29, 0.717) is 6.42 Å². The van der Waals surface area contributed by atoms with Gasteiger partial charge in [-0.3, -0.25) is 0 Å². The van der Waals surface area contributed by atoms with Gasteiger partial charge in [0.05, 0.1) is 0 Å². The molecule has 0 amide bonds. The number of benzene rings is 1. The van der Waals surface area contributed by atoms with E-state index in [9.17, 15) is 8.78 Å². The summed E-state index contributed by atoms with van der Waals surface area (Å²) < 4.78 is 25.9. The maximum atomic E-state index is 13.1. The summed E-state index contributed by atoms with van der Waals surface area (Å²) in [5.74, 6) is -1.63. The second-order valence-electron chi connectivity index (χ2n) is 4.64. The Labute approximate surface area is 116 Å². The number of halogens is 2. The van der Waals surface area contributed by atoms with E-state index in [2.05, 4.69) is 19.1 Å². The van der Waals surface area contributed by atoms with Gasteiger partial charge in [0.25, 0.3) is 0 Å². The Bertz CT molecular complexity index is 551. The second kappa shape index (κ2) is 6.26. The van der Waals surface area contributed by atoms with Gasteiger partial charge in [-0.05, 0) is 49.1 Å². The zero-order valence-electron chi connectivity index (χ0n) is 10.8. The summed E-state index contributed by atoms with van der Waals surface area (Å²) in [6.45, 7) is 2.12. The van der Waals surface area contributed by atoms with Gasteiger partial charge in [-0.25, -0.2) is 8.78 Å². The minimum absolute atomic E-state index is 0.0757. The monoisotopic (exact) mass is 281 g/mol. The number of rotatable bonds is 5. The quantitative estimate of drug-likeness (QED) is 0.888. The molecule has 2 rings (SSSR count). The van der Waals surface area contributed by atoms with Crippen LogP contribution in [0.5, 0.6) is 0 Å². The average Bonchev–Trinajstić information content (AvgIpc) is 2.81. The molecule has 0 aliphatic heterocycles. The van der Waals surface area contributed by atoms with Gasteiger partial charge in [-0.15, -0.1) is 11.3 Å². The first-order valence-corrected chi connectivity index (χ1v) is 7.17. The normalized spacial score (nSPS) is 12.6. The van der Waals surface area contributed by atoms with Crippen molar-refractivity contribution in [2.24, 2.45) is 5.73 Å². The number of hydrogen-bond acceptors (Lipinski definition) is 2. The van der Waals surface area contributed by atoms with Crippen molar-refractivity contribution in [1.29, 1.82) is 0 Å². The van der Waals surface area contributed by atoms with Crippen molar-refractivity contribution in [1.82, 2.24) is 0 Å². The highest BCUT2D eigenvalue weighted by atomic mass is 32.1. The van der Waals surface area contributed by atoms with Gasteiger partial charge >= 0.3 is 0 Å². The van der Waals surface area contributed by atoms with E-state index in [-0.39, 0.29) is 6.04 Å². The maximum Gasteiger partial charge on any atom is 0.159 e. The Morgan fingerprint density at radius 3 is 2.42 bits per heavy atom. The Morgan fingerprint density at radius 2 is 1.79 bits per heavy atom. The van der Waals surface area contributed by atoms with Crippen LogP contribution in [0.15, 0.2) is 30.3 Å². The third-order valence-electron chi connectivity index (χ3n) is 3.01. The van der Waals surface area contributed by atoms with Crippen LogP contribution in [-0.4, -0.2) is 6.04 Å². The molecule has 1 heterocycles. The van der Waals surface area contributed by atoms with E-state index in [4.69, 9.17) is 5.73 Å². The molecule has 19 heavy (non-hydrogen) atoms. The molecule has 0 fully saturated rings. The van der Waals surface area contributed by atoms with Crippen LogP contribution in [0.25, 0.3) is 0 Å². The van der Waals surface area contributed by atoms with Crippen molar-refractivity contribution < 1.29 is 8.78 Å². The van der Waals surface area contributed by atoms with Crippen molar-refractivity contribution >= 4 is 11.3 Å². The largest absolute Gasteiger partial charge is 0.327 e. The highest BCUT2D eigenvalue weighted by molar-refractivity contribution is 7.11. The fraction of sp³-hybridized carbons (Fsp3) is 0.333. The van der Waals surface area contributed by atoms with E-state index in [1.54, 1.807) is 17.4 Å². The minimum atomic E-state index is -0.817. The number of thiophene rings is 1. The highest BCUT2D eigenvalue weighted by Crippen LogP contribution is 2.19. The summed E-state index contributed by atoms with van der Waals surface area (Å²) in [7, 11) is 0. The molecule has 1 aromatic carbocycles. The number of hydrogen-bond donors (Lipinski definition) is 1. The fourth-order valence-corrected chi connectivity index (χ4v) is 3.07. The molecule has 1 unspecified atom stereocenters. The lowest BCUT2D eigenvalue weighted by molar-refractivity contribution is 0.506. The Hall–Kier alpha value is -1.26. The molecule has 1 aromatic heterocycles. The SMILES string of the molecule is CCc1ccc(CC(N)Cc2ccc(F)c(F)c2)s1. The Balaban J connectivity index is 1.96. The number of aryl methyl sites for hydroxylation is 1. The summed E-state index contributed by atoms with van der Waals surface area (Å²) in [6.07, 6.45) is 2.35. The van der Waals surface area contributed by atoms with Gasteiger partial charge in [-0.1, -0.05) is 13.0 Å². The molecule has 0 saturated heterocycles. The second-order valence-corrected chi connectivity index (χ2v) is 5.89. The Morgan fingerprint density at radius 1 is 1.05 bits per heavy atom. The fourth-order valence-electron chi connectivity index (χ4n) is 2.02. The lowest BCUT2D eigenvalue weighted by atomic mass is 10.0. The summed E-state index contributed by atoms with van der Waals surface area (Å²) in [4.78, 5) is 2.59. The molecule has 0 aliphatic carbocycles. The molecule has 2 N–H and O–H groups in total. The molecule has 0 bridgehead atoms. The molecule has 102 valence electrons. The predicted molar refractivity (Wildman–Crippen MR) is 75.4 cm³/mol. The first-order chi connectivity index (χ1) is 9.08. The van der Waals surface area contributed by atoms with Crippen LogP contribution in [-0.2, 0) is 19.3 Å². The predicted octanol–water partition coefficient (Wildman–Crippen LogP) is 3.70. The summed E-state index contributed by atoms with van der Waals surface area (Å²) in [5, 5.41) is 0. The van der Waals surface area contributed by atoms with Crippen molar-refractivity contribution in [2.75, 3.05) is 0 Å². The molecular weight excluding hydrogens is 264 g/mol. The molecule has 0 saturated carbocycles. The lowest BCUT2D eigenvalue weighted by Crippen LogP contribution is -2.25. The van der Waals surface area contributed by atoms with Crippen LogP contribution in [0.2, 0.25) is 0 Å². The Kier molecular flexibility index (Phi) is 4.66. The average molecular weight is 281 g/mol. The molecule has 0 radical (unpaired) electrons. The summed E-state index contributed by atoms with van der Waals surface area (Å²) in [5.41, 5.74) is 6.80. The molecule has 1 atom stereocenters. The molecule has 0 spiro atoms. The van der Waals surface area contributed by atoms with Crippen LogP contribution in [0.4, 0.5) is 8.78 Å². The van der Waals surface area contributed by atoms with Gasteiger partial charge in [0.15, 0.2) is 11.6 Å². The summed E-state index contributed by atoms with van der Waals surface area (Å²) >= 11 is 1.76. The van der Waals surface area contributed by atoms with Crippen LogP contribution >= 0.6 is 11.3 Å². The van der Waals surface area contributed by atoms with Crippen molar-refractivity contribution in [3.63, 3.8) is 0 Å². The lowest BCUT2D eigenvalue weighted by Gasteiger charge is -2.10. The minimum Gasteiger partial charge on any atom is -0.327 e. The van der Waals surface area contributed by atoms with Crippen LogP contribution in [0.1, 0.15) is 22.2 Å². The molecule has 4 heteroatoms. The number of nitrogens with two attached hydrogens (primary N) is 1. The van der Waals surface area contributed by atoms with Crippen LogP contribution in [0.3, 0.4) is 0 Å². The third-order valence-corrected chi connectivity index (χ3v) is 4.26. The van der Waals surface area contributed by atoms with Gasteiger partial charge in [0, 0.05) is 15.8 Å². The maximum absolute atomic E-state index is 13.1. The molecule has 1 nitrogen and oxygen atoms in total. The van der Waals surface area contributed by atoms with E-state index in [1.165, 1.54) is 15.8 Å². The van der Waals surface area contributed by atoms with Crippen molar-refractivity contribution in [2.45, 2.75) is 32.2 Å². The van der Waals surface area contributed by atoms with Gasteiger partial charge in [0.1, 0.15) is 0 Å². The zero-order valence-corrected chi connectivity index (χ0v) is 11.6. The molecule has 0 aliphatic rings. The smallest absolute Gasteiger partial charge is 0.159 e. The van der Waals surface area contributed by atoms with Crippen LogP contribution < -0.4 is 5.73 Å². The standard InChI is InChI=1S/C15H17F2NS/c1-2-12-4-5-13(19-12)9-11(18)7-10-3-6-14(16)15(17)8-10/h3-6,8,11H,2,7,9,18H2,1H3. The van der Waals surface area contributed by atoms with Crippen molar-refractivity contribution in [3.8, 4) is 0 Å². The topological polar surface area (TPSA) is 26.0 Å². The molecule has 2 aromatic rings. The van der Waals surface area contributed by atoms with E-state index in [1.807, 2.05) is 0 Å². The third kappa shape index (κ3) is 3.85.